The summed E-state index contributed by atoms with van der Waals surface area (Å²) in [5, 5.41) is 9.60. The first kappa shape index (κ1) is 14.4. The lowest BCUT2D eigenvalue weighted by Gasteiger charge is -2.16. The molecule has 104 valence electrons. The van der Waals surface area contributed by atoms with E-state index in [1.807, 2.05) is 23.5 Å². The maximum atomic E-state index is 4.69. The smallest absolute Gasteiger partial charge is 0.0719 e. The number of nitrogens with one attached hydrogen (secondary N) is 1. The van der Waals surface area contributed by atoms with Gasteiger partial charge in [0.2, 0.25) is 0 Å². The number of hydrogen-bond donors (Lipinski definition) is 1. The van der Waals surface area contributed by atoms with Crippen LogP contribution >= 0.6 is 11.8 Å². The van der Waals surface area contributed by atoms with E-state index in [9.17, 15) is 0 Å². The van der Waals surface area contributed by atoms with Crippen LogP contribution in [0.15, 0.2) is 24.3 Å². The van der Waals surface area contributed by atoms with E-state index >= 15 is 0 Å². The number of para-hydroxylation sites is 1. The Kier molecular flexibility index (Phi) is 5.28. The highest BCUT2D eigenvalue weighted by atomic mass is 32.2. The molecule has 0 aliphatic heterocycles. The van der Waals surface area contributed by atoms with Gasteiger partial charge in [-0.05, 0) is 25.3 Å². The Labute approximate surface area is 119 Å². The summed E-state index contributed by atoms with van der Waals surface area (Å²) in [5.74, 6) is 1.13. The molecule has 0 aliphatic rings. The quantitative estimate of drug-likeness (QED) is 0.844. The van der Waals surface area contributed by atoms with Crippen molar-refractivity contribution < 1.29 is 0 Å². The van der Waals surface area contributed by atoms with Crippen molar-refractivity contribution in [3.05, 3.63) is 30.0 Å². The third kappa shape index (κ3) is 3.51. The monoisotopic (exact) mass is 277 g/mol. The van der Waals surface area contributed by atoms with Crippen molar-refractivity contribution in [2.75, 3.05) is 18.6 Å². The fraction of sp³-hybridized carbons (Fsp3) is 0.533. The first-order valence-electron chi connectivity index (χ1n) is 6.89. The number of fused-ring (bicyclic) bond motifs is 1. The van der Waals surface area contributed by atoms with Crippen LogP contribution in [0, 0.1) is 0 Å². The van der Waals surface area contributed by atoms with E-state index in [0.29, 0.717) is 6.04 Å². The molecule has 2 aromatic rings. The molecule has 19 heavy (non-hydrogen) atoms. The average Bonchev–Trinajstić information content (AvgIpc) is 2.74. The molecule has 1 N–H and O–H groups in total. The third-order valence-electron chi connectivity index (χ3n) is 3.32. The zero-order chi connectivity index (χ0) is 13.7. The van der Waals surface area contributed by atoms with Gasteiger partial charge in [0, 0.05) is 30.6 Å². The molecule has 0 radical (unpaired) electrons. The van der Waals surface area contributed by atoms with Crippen molar-refractivity contribution in [2.24, 2.45) is 7.05 Å². The Morgan fingerprint density at radius 3 is 2.89 bits per heavy atom. The molecule has 1 heterocycles. The Balaban J connectivity index is 2.18. The zero-order valence-corrected chi connectivity index (χ0v) is 12.8. The van der Waals surface area contributed by atoms with Gasteiger partial charge in [0.1, 0.15) is 0 Å². The van der Waals surface area contributed by atoms with Crippen LogP contribution in [0.2, 0.25) is 0 Å². The van der Waals surface area contributed by atoms with Crippen LogP contribution in [-0.2, 0) is 13.5 Å². The highest BCUT2D eigenvalue weighted by Crippen LogP contribution is 2.19. The Morgan fingerprint density at radius 1 is 1.37 bits per heavy atom. The van der Waals surface area contributed by atoms with Gasteiger partial charge in [-0.2, -0.15) is 16.9 Å². The molecule has 0 amide bonds. The van der Waals surface area contributed by atoms with Gasteiger partial charge in [0.05, 0.1) is 11.2 Å². The largest absolute Gasteiger partial charge is 0.313 e. The van der Waals surface area contributed by atoms with Gasteiger partial charge in [-0.25, -0.2) is 0 Å². The molecule has 4 heteroatoms. The standard InChI is InChI=1S/C15H23N3S/c1-4-9-16-12(11-19-3)10-14-13-7-5-6-8-15(13)18(2)17-14/h5-8,12,16H,4,9-11H2,1-3H3. The van der Waals surface area contributed by atoms with E-state index in [1.165, 1.54) is 23.0 Å². The third-order valence-corrected chi connectivity index (χ3v) is 4.06. The Hall–Kier alpha value is -1.00. The minimum Gasteiger partial charge on any atom is -0.313 e. The van der Waals surface area contributed by atoms with E-state index < -0.39 is 0 Å². The zero-order valence-electron chi connectivity index (χ0n) is 12.0. The summed E-state index contributed by atoms with van der Waals surface area (Å²) < 4.78 is 1.99. The van der Waals surface area contributed by atoms with Crippen LogP contribution < -0.4 is 5.32 Å². The van der Waals surface area contributed by atoms with Gasteiger partial charge < -0.3 is 5.32 Å². The van der Waals surface area contributed by atoms with Gasteiger partial charge in [-0.3, -0.25) is 4.68 Å². The van der Waals surface area contributed by atoms with Crippen LogP contribution in [0.25, 0.3) is 10.9 Å². The average molecular weight is 277 g/mol. The van der Waals surface area contributed by atoms with Crippen molar-refractivity contribution in [2.45, 2.75) is 25.8 Å². The van der Waals surface area contributed by atoms with Crippen molar-refractivity contribution in [1.29, 1.82) is 0 Å². The summed E-state index contributed by atoms with van der Waals surface area (Å²) >= 11 is 1.89. The predicted molar refractivity (Wildman–Crippen MR) is 84.9 cm³/mol. The van der Waals surface area contributed by atoms with Crippen molar-refractivity contribution >= 4 is 22.7 Å². The summed E-state index contributed by atoms with van der Waals surface area (Å²) in [7, 11) is 2.02. The number of benzene rings is 1. The minimum absolute atomic E-state index is 0.508. The molecular weight excluding hydrogens is 254 g/mol. The summed E-state index contributed by atoms with van der Waals surface area (Å²) in [4.78, 5) is 0. The number of nitrogens with zero attached hydrogens (tertiary/aromatic N) is 2. The minimum atomic E-state index is 0.508. The molecule has 1 unspecified atom stereocenters. The van der Waals surface area contributed by atoms with E-state index in [4.69, 9.17) is 0 Å². The molecular formula is C15H23N3S. The molecule has 1 aromatic heterocycles. The van der Waals surface area contributed by atoms with Gasteiger partial charge in [-0.15, -0.1) is 0 Å². The summed E-state index contributed by atoms with van der Waals surface area (Å²) in [5.41, 5.74) is 2.43. The topological polar surface area (TPSA) is 29.9 Å². The van der Waals surface area contributed by atoms with Crippen molar-refractivity contribution in [3.63, 3.8) is 0 Å². The van der Waals surface area contributed by atoms with E-state index in [1.54, 1.807) is 0 Å². The number of rotatable bonds is 7. The number of aryl methyl sites for hydroxylation is 1. The fourth-order valence-electron chi connectivity index (χ4n) is 2.41. The lowest BCUT2D eigenvalue weighted by Crippen LogP contribution is -2.34. The van der Waals surface area contributed by atoms with Gasteiger partial charge in [0.15, 0.2) is 0 Å². The van der Waals surface area contributed by atoms with Gasteiger partial charge in [-0.1, -0.05) is 25.1 Å². The second-order valence-corrected chi connectivity index (χ2v) is 5.81. The van der Waals surface area contributed by atoms with E-state index in [2.05, 4.69) is 47.9 Å². The van der Waals surface area contributed by atoms with Crippen LogP contribution in [0.4, 0.5) is 0 Å². The normalized spacial score (nSPS) is 13.0. The molecule has 1 aromatic carbocycles. The van der Waals surface area contributed by atoms with Crippen LogP contribution in [-0.4, -0.2) is 34.4 Å². The number of hydrogen-bond acceptors (Lipinski definition) is 3. The lowest BCUT2D eigenvalue weighted by atomic mass is 10.1. The molecule has 0 saturated carbocycles. The van der Waals surface area contributed by atoms with Crippen molar-refractivity contribution in [1.82, 2.24) is 15.1 Å². The predicted octanol–water partition coefficient (Wildman–Crippen LogP) is 2.85. The molecule has 2 rings (SSSR count). The second kappa shape index (κ2) is 6.96. The first-order chi connectivity index (χ1) is 9.26. The SMILES string of the molecule is CCCNC(CSC)Cc1nn(C)c2ccccc12. The highest BCUT2D eigenvalue weighted by molar-refractivity contribution is 7.98. The van der Waals surface area contributed by atoms with Crippen LogP contribution in [0.1, 0.15) is 19.0 Å². The molecule has 0 spiro atoms. The van der Waals surface area contributed by atoms with Crippen LogP contribution in [0.3, 0.4) is 0 Å². The maximum Gasteiger partial charge on any atom is 0.0719 e. The highest BCUT2D eigenvalue weighted by Gasteiger charge is 2.14. The number of aromatic nitrogens is 2. The molecule has 3 nitrogen and oxygen atoms in total. The molecule has 0 bridgehead atoms. The second-order valence-electron chi connectivity index (χ2n) is 4.90. The maximum absolute atomic E-state index is 4.69. The lowest BCUT2D eigenvalue weighted by molar-refractivity contribution is 0.543. The van der Waals surface area contributed by atoms with Crippen molar-refractivity contribution in [3.8, 4) is 0 Å². The molecule has 1 atom stereocenters. The van der Waals surface area contributed by atoms with E-state index in [-0.39, 0.29) is 0 Å². The first-order valence-corrected chi connectivity index (χ1v) is 8.28. The van der Waals surface area contributed by atoms with Gasteiger partial charge >= 0.3 is 0 Å². The molecule has 0 saturated heterocycles. The fourth-order valence-corrected chi connectivity index (χ4v) is 3.05. The summed E-state index contributed by atoms with van der Waals surface area (Å²) in [6, 6.07) is 8.98. The van der Waals surface area contributed by atoms with Gasteiger partial charge in [0.25, 0.3) is 0 Å². The Morgan fingerprint density at radius 2 is 2.16 bits per heavy atom. The Bertz CT molecular complexity index is 521. The molecule has 0 fully saturated rings. The summed E-state index contributed by atoms with van der Waals surface area (Å²) in [6.07, 6.45) is 4.34. The number of thioether (sulfide) groups is 1. The van der Waals surface area contributed by atoms with Crippen LogP contribution in [0.5, 0.6) is 0 Å². The van der Waals surface area contributed by atoms with E-state index in [0.717, 1.165) is 18.7 Å². The summed E-state index contributed by atoms with van der Waals surface area (Å²) in [6.45, 7) is 3.29. The molecule has 0 aliphatic carbocycles.